The fourth-order valence-corrected chi connectivity index (χ4v) is 16.6. The number of aromatic nitrogens is 2. The number of phenolic OH excluding ortho intramolecular Hbond substituents is 1. The molecule has 3 aliphatic rings. The van der Waals surface area contributed by atoms with Crippen LogP contribution in [0.4, 0.5) is 0 Å². The Bertz CT molecular complexity index is 4830. The molecular formula is C86H120N20O20S. The number of carbonyl (C=O) groups excluding carboxylic acids is 18. The van der Waals surface area contributed by atoms with Crippen molar-refractivity contribution in [3.63, 3.8) is 0 Å². The summed E-state index contributed by atoms with van der Waals surface area (Å²) in [6, 6.07) is -1.73. The number of aromatic amines is 2. The number of H-pyrrole nitrogens is 2. The van der Waals surface area contributed by atoms with Gasteiger partial charge in [-0.2, -0.15) is 0 Å². The Morgan fingerprint density at radius 3 is 1.52 bits per heavy atom. The van der Waals surface area contributed by atoms with Gasteiger partial charge in [0.1, 0.15) is 90.3 Å². The molecule has 690 valence electrons. The molecule has 0 saturated carbocycles. The molecule has 0 unspecified atom stereocenters. The molecule has 0 aliphatic carbocycles. The summed E-state index contributed by atoms with van der Waals surface area (Å²) in [7, 11) is 3.92. The van der Waals surface area contributed by atoms with Crippen molar-refractivity contribution in [2.45, 2.75) is 229 Å². The third-order valence-corrected chi connectivity index (χ3v) is 23.9. The molecule has 3 saturated heterocycles. The molecule has 20 N–H and O–H groups in total. The van der Waals surface area contributed by atoms with Crippen molar-refractivity contribution in [2.24, 2.45) is 23.1 Å². The number of para-hydroxylation sites is 2. The zero-order valence-corrected chi connectivity index (χ0v) is 73.7. The number of aromatic hydroxyl groups is 1. The summed E-state index contributed by atoms with van der Waals surface area (Å²) < 4.78 is 0. The van der Waals surface area contributed by atoms with E-state index >= 15 is 28.8 Å². The first-order valence-electron chi connectivity index (χ1n) is 42.7. The molecule has 3 aliphatic heterocycles. The van der Waals surface area contributed by atoms with Gasteiger partial charge in [0.25, 0.3) is 0 Å². The summed E-state index contributed by atoms with van der Waals surface area (Å²) in [5.41, 5.74) is 19.5. The number of fused-ring (bicyclic) bond motifs is 4. The molecule has 18 amide bonds. The third kappa shape index (κ3) is 27.4. The van der Waals surface area contributed by atoms with Gasteiger partial charge in [-0.1, -0.05) is 102 Å². The number of nitrogens with one attached hydrogen (secondary N) is 12. The number of unbranched alkanes of at least 4 members (excludes halogenated alkanes) is 2. The second kappa shape index (κ2) is 47.0. The lowest BCUT2D eigenvalue weighted by Crippen LogP contribution is -2.61. The highest BCUT2D eigenvalue weighted by Crippen LogP contribution is 2.28. The van der Waals surface area contributed by atoms with E-state index in [0.717, 1.165) is 31.4 Å². The van der Waals surface area contributed by atoms with Crippen molar-refractivity contribution in [1.29, 1.82) is 0 Å². The minimum absolute atomic E-state index is 0.0253. The molecule has 5 aromatic rings. The van der Waals surface area contributed by atoms with Crippen LogP contribution in [0.3, 0.4) is 0 Å². The number of likely N-dealkylation sites (N-methyl/N-ethyl adjacent to an activating group) is 3. The fraction of sp³-hybridized carbons (Fsp3) is 0.535. The number of carbonyl (C=O) groups is 18. The van der Waals surface area contributed by atoms with Crippen LogP contribution in [-0.4, -0.2) is 294 Å². The lowest BCUT2D eigenvalue weighted by Gasteiger charge is -2.36. The maximum absolute atomic E-state index is 15.6. The van der Waals surface area contributed by atoms with E-state index in [0.29, 0.717) is 64.2 Å². The number of rotatable bonds is 22. The number of benzene rings is 3. The number of amides is 18. The highest BCUT2D eigenvalue weighted by atomic mass is 32.2. The van der Waals surface area contributed by atoms with E-state index in [1.165, 1.54) is 64.2 Å². The summed E-state index contributed by atoms with van der Waals surface area (Å²) >= 11 is 0.776. The molecule has 2 aromatic heterocycles. The maximum atomic E-state index is 15.6. The van der Waals surface area contributed by atoms with Crippen LogP contribution in [0.5, 0.6) is 5.75 Å². The number of aliphatic hydroxyl groups excluding tert-OH is 1. The molecular weight excluding hydrogens is 1670 g/mol. The second-order valence-corrected chi connectivity index (χ2v) is 33.9. The lowest BCUT2D eigenvalue weighted by molar-refractivity contribution is -0.149. The zero-order chi connectivity index (χ0) is 93.2. The van der Waals surface area contributed by atoms with E-state index in [4.69, 9.17) is 17.2 Å². The number of nitrogens with zero attached hydrogens (tertiary/aromatic N) is 5. The summed E-state index contributed by atoms with van der Waals surface area (Å²) in [6.07, 6.45) is 2.92. The van der Waals surface area contributed by atoms with Gasteiger partial charge in [-0.05, 0) is 106 Å². The smallest absolute Gasteiger partial charge is 0.246 e. The van der Waals surface area contributed by atoms with Crippen molar-refractivity contribution in [3.05, 3.63) is 102 Å². The predicted octanol–water partition coefficient (Wildman–Crippen LogP) is -2.23. The van der Waals surface area contributed by atoms with Gasteiger partial charge in [-0.15, -0.1) is 11.8 Å². The molecule has 8 rings (SSSR count). The van der Waals surface area contributed by atoms with E-state index in [1.807, 2.05) is 13.8 Å². The van der Waals surface area contributed by atoms with E-state index in [1.54, 1.807) is 74.8 Å². The molecule has 3 aromatic carbocycles. The number of phenols is 1. The molecule has 0 bridgehead atoms. The summed E-state index contributed by atoms with van der Waals surface area (Å²) in [5.74, 6) is -18.4. The summed E-state index contributed by atoms with van der Waals surface area (Å²) in [5, 5.41) is 48.5. The topological polar surface area (TPSA) is 594 Å². The number of hydrogen-bond acceptors (Lipinski definition) is 21. The monoisotopic (exact) mass is 1780 g/mol. The highest BCUT2D eigenvalue weighted by molar-refractivity contribution is 8.00. The first kappa shape index (κ1) is 99.7. The van der Waals surface area contributed by atoms with E-state index in [2.05, 4.69) is 63.1 Å². The standard InChI is InChI=1S/C86H120N20O20S/c1-10-12-24-65-79(119)93-47(5)73(113)101-64(75(115)92-42-71(89)111)44-127-45-72(112)94-60(35-49-28-30-52(108)31-29-49)82(122)102(7)48(6)74(114)97-62(39-70(88)110)85(125)106-33-19-27-67(106)81(121)96-58(38-69(87)109)77(117)98-59(34-46(3)4)84(124)105-32-18-26-66(105)80(120)95-57(36-50-40-90-55-22-16-14-20-53(50)55)76(116)100-63(43-107)78(118)99-61(37-51-41-91-56-23-17-15-21-54(51)56)83(123)104(9)68(25-13-11-2)86(126)103(65)8/h14-17,20-23,28-31,40-41,46-48,57-68,90-91,107-108H,10-13,18-19,24-27,32-39,42-45H2,1-9H3,(H2,87,109)(H2,88,110)(H2,89,111)(H,92,115)(H,93,119)(H,94,112)(H,95,120)(H,96,121)(H,97,114)(H,98,117)(H,99,118)(H,100,116)(H,101,113)/t47-,48-,57-,58-,59-,60-,61-,62+,63-,64-,65-,66-,67-,68-/m0/s1. The highest BCUT2D eigenvalue weighted by Gasteiger charge is 2.45. The Balaban J connectivity index is 1.16. The number of primary amides is 3. The van der Waals surface area contributed by atoms with Crippen LogP contribution in [0.2, 0.25) is 0 Å². The van der Waals surface area contributed by atoms with Gasteiger partial charge in [0.2, 0.25) is 106 Å². The molecule has 0 radical (unpaired) electrons. The van der Waals surface area contributed by atoms with Crippen molar-refractivity contribution in [2.75, 3.05) is 58.9 Å². The van der Waals surface area contributed by atoms with Crippen molar-refractivity contribution in [1.82, 2.24) is 87.6 Å². The Morgan fingerprint density at radius 2 is 0.969 bits per heavy atom. The normalized spacial score (nSPS) is 25.0. The van der Waals surface area contributed by atoms with Gasteiger partial charge in [-0.25, -0.2) is 0 Å². The Labute approximate surface area is 739 Å². The summed E-state index contributed by atoms with van der Waals surface area (Å²) in [4.78, 5) is 271. The van der Waals surface area contributed by atoms with Crippen molar-refractivity contribution < 1.29 is 96.5 Å². The molecule has 40 nitrogen and oxygen atoms in total. The van der Waals surface area contributed by atoms with Crippen LogP contribution in [0.15, 0.2) is 85.2 Å². The molecule has 0 spiro atoms. The van der Waals surface area contributed by atoms with Gasteiger partial charge >= 0.3 is 0 Å². The second-order valence-electron chi connectivity index (χ2n) is 32.8. The number of nitrogens with two attached hydrogens (primary N) is 3. The van der Waals surface area contributed by atoms with E-state index in [9.17, 15) is 67.7 Å². The number of thioether (sulfide) groups is 1. The van der Waals surface area contributed by atoms with Crippen molar-refractivity contribution in [3.8, 4) is 5.75 Å². The van der Waals surface area contributed by atoms with E-state index < -0.39 is 228 Å². The molecule has 127 heavy (non-hydrogen) atoms. The average molecular weight is 1790 g/mol. The summed E-state index contributed by atoms with van der Waals surface area (Å²) in [6.45, 7) is 7.77. The van der Waals surface area contributed by atoms with Crippen LogP contribution in [0, 0.1) is 5.92 Å². The Morgan fingerprint density at radius 1 is 0.496 bits per heavy atom. The molecule has 41 heteroatoms. The van der Waals surface area contributed by atoms with Crippen LogP contribution in [0.1, 0.15) is 142 Å². The Hall–Kier alpha value is -12.7. The zero-order valence-electron chi connectivity index (χ0n) is 72.9. The predicted molar refractivity (Wildman–Crippen MR) is 466 cm³/mol. The van der Waals surface area contributed by atoms with Gasteiger partial charge in [0.05, 0.1) is 31.7 Å². The van der Waals surface area contributed by atoms with Gasteiger partial charge in [0.15, 0.2) is 0 Å². The fourth-order valence-electron chi connectivity index (χ4n) is 15.7. The van der Waals surface area contributed by atoms with Crippen LogP contribution >= 0.6 is 11.8 Å². The number of aliphatic hydroxyl groups is 1. The van der Waals surface area contributed by atoms with Crippen LogP contribution < -0.4 is 70.4 Å². The molecule has 5 heterocycles. The minimum Gasteiger partial charge on any atom is -0.508 e. The SMILES string of the molecule is CCCC[C@H]1C(=O)N(C)[C@@H](CCCC)C(=O)N[C@@H](C)C(=O)N[C@H](C(=O)NCC(N)=O)CSCC(=O)N[C@@H](Cc2ccc(O)cc2)C(=O)N(C)[C@@H](C)C(=O)N[C@H](CC(N)=O)C(=O)N2CCC[C@H]2C(=O)N[C@@H](CC(N)=O)C(=O)N[C@@H](CC(C)C)C(=O)N2CCC[C@H]2C(=O)N[C@@H](Cc2c[nH]c3ccccc23)C(=O)N[C@@H](CO)C(=O)N[C@@H](Cc2c[nH]c3ccccc23)C(=O)N1C. The average Bonchev–Trinajstić information content (AvgIpc) is 1.75. The van der Waals surface area contributed by atoms with Crippen molar-refractivity contribution >= 4 is 140 Å². The first-order chi connectivity index (χ1) is 60.3. The maximum Gasteiger partial charge on any atom is 0.246 e. The molecule has 14 atom stereocenters. The first-order valence-corrected chi connectivity index (χ1v) is 43.8. The van der Waals surface area contributed by atoms with Gasteiger partial charge in [0, 0.05) is 93.4 Å². The quantitative estimate of drug-likeness (QED) is 0.0349. The van der Waals surface area contributed by atoms with Gasteiger partial charge < -0.3 is 115 Å². The number of hydrogen-bond donors (Lipinski definition) is 17. The third-order valence-electron chi connectivity index (χ3n) is 22.9. The minimum atomic E-state index is -1.85. The van der Waals surface area contributed by atoms with Gasteiger partial charge in [-0.3, -0.25) is 86.3 Å². The van der Waals surface area contributed by atoms with Crippen LogP contribution in [-0.2, 0) is 106 Å². The Kier molecular flexibility index (Phi) is 36.9. The van der Waals surface area contributed by atoms with Crippen LogP contribution in [0.25, 0.3) is 21.8 Å². The lowest BCUT2D eigenvalue weighted by atomic mass is 10.00. The molecule has 3 fully saturated rings. The van der Waals surface area contributed by atoms with E-state index in [-0.39, 0.29) is 89.0 Å². The largest absolute Gasteiger partial charge is 0.508 e.